The standard InChI is InChI=1S/C20H20N4S.C2H6/c1-3-14-13(2)20-23(18-9-6-10-25-18)17-11-21-12-22-19(17)24(20)16-8-5-4-7-15(14)16;1-2/h4-14,20H,3H2,1-2H3;1-2H3. The Morgan fingerprint density at radius 1 is 1.04 bits per heavy atom. The molecule has 0 spiro atoms. The Kier molecular flexibility index (Phi) is 4.87. The summed E-state index contributed by atoms with van der Waals surface area (Å²) in [6.45, 7) is 8.67. The van der Waals surface area contributed by atoms with E-state index >= 15 is 0 Å². The first-order valence-electron chi connectivity index (χ1n) is 9.82. The zero-order valence-electron chi connectivity index (χ0n) is 16.3. The van der Waals surface area contributed by atoms with Gasteiger partial charge in [0.15, 0.2) is 5.82 Å². The topological polar surface area (TPSA) is 32.3 Å². The molecule has 1 aromatic carbocycles. The van der Waals surface area contributed by atoms with Crippen LogP contribution in [0.4, 0.5) is 22.2 Å². The summed E-state index contributed by atoms with van der Waals surface area (Å²) >= 11 is 1.78. The summed E-state index contributed by atoms with van der Waals surface area (Å²) in [5, 5.41) is 3.39. The predicted octanol–water partition coefficient (Wildman–Crippen LogP) is 6.32. The molecule has 0 aliphatic carbocycles. The number of benzene rings is 1. The molecule has 4 nitrogen and oxygen atoms in total. The van der Waals surface area contributed by atoms with Crippen LogP contribution in [0.5, 0.6) is 0 Å². The maximum Gasteiger partial charge on any atom is 0.162 e. The van der Waals surface area contributed by atoms with Crippen LogP contribution in [0.1, 0.15) is 45.6 Å². The molecule has 0 saturated heterocycles. The van der Waals surface area contributed by atoms with E-state index in [1.54, 1.807) is 17.7 Å². The normalized spacial score (nSPS) is 22.4. The van der Waals surface area contributed by atoms with Gasteiger partial charge in [-0.1, -0.05) is 45.9 Å². The van der Waals surface area contributed by atoms with E-state index in [1.807, 2.05) is 20.0 Å². The Bertz CT molecular complexity index is 908. The van der Waals surface area contributed by atoms with Crippen LogP contribution >= 0.6 is 11.3 Å². The number of nitrogens with zero attached hydrogens (tertiary/aromatic N) is 4. The highest BCUT2D eigenvalue weighted by Gasteiger charge is 2.48. The van der Waals surface area contributed by atoms with E-state index in [4.69, 9.17) is 0 Å². The lowest BCUT2D eigenvalue weighted by atomic mass is 9.78. The van der Waals surface area contributed by atoms with Crippen molar-refractivity contribution in [2.45, 2.75) is 46.2 Å². The zero-order chi connectivity index (χ0) is 19.0. The average Bonchev–Trinajstić information content (AvgIpc) is 3.36. The van der Waals surface area contributed by atoms with Crippen LogP contribution in [-0.4, -0.2) is 16.1 Å². The molecule has 0 N–H and O–H groups in total. The molecule has 3 atom stereocenters. The number of thiophene rings is 1. The Balaban J connectivity index is 0.000000872. The molecule has 5 heteroatoms. The summed E-state index contributed by atoms with van der Waals surface area (Å²) in [6.07, 6.45) is 5.00. The van der Waals surface area contributed by atoms with Crippen molar-refractivity contribution in [3.8, 4) is 0 Å². The van der Waals surface area contributed by atoms with Crippen LogP contribution in [0, 0.1) is 5.92 Å². The van der Waals surface area contributed by atoms with E-state index in [0.717, 1.165) is 17.9 Å². The van der Waals surface area contributed by atoms with Gasteiger partial charge in [-0.3, -0.25) is 0 Å². The third-order valence-electron chi connectivity index (χ3n) is 5.57. The first-order chi connectivity index (χ1) is 13.3. The van der Waals surface area contributed by atoms with E-state index in [-0.39, 0.29) is 6.17 Å². The quantitative estimate of drug-likeness (QED) is 0.522. The number of fused-ring (bicyclic) bond motifs is 5. The molecule has 0 saturated carbocycles. The van der Waals surface area contributed by atoms with Crippen molar-refractivity contribution in [3.05, 3.63) is 59.9 Å². The first-order valence-corrected chi connectivity index (χ1v) is 10.7. The van der Waals surface area contributed by atoms with Crippen molar-refractivity contribution in [1.82, 2.24) is 9.97 Å². The average molecular weight is 379 g/mol. The highest BCUT2D eigenvalue weighted by atomic mass is 32.1. The minimum Gasteiger partial charge on any atom is -0.307 e. The van der Waals surface area contributed by atoms with E-state index < -0.39 is 0 Å². The zero-order valence-corrected chi connectivity index (χ0v) is 17.1. The maximum atomic E-state index is 4.67. The molecule has 2 aliphatic rings. The molecule has 5 rings (SSSR count). The number of anilines is 4. The van der Waals surface area contributed by atoms with Gasteiger partial charge < -0.3 is 9.80 Å². The minimum atomic E-state index is 0.241. The monoisotopic (exact) mass is 378 g/mol. The van der Waals surface area contributed by atoms with Gasteiger partial charge >= 0.3 is 0 Å². The van der Waals surface area contributed by atoms with Gasteiger partial charge in [-0.25, -0.2) is 9.97 Å². The molecule has 0 fully saturated rings. The van der Waals surface area contributed by atoms with Gasteiger partial charge in [-0.05, 0) is 41.5 Å². The summed E-state index contributed by atoms with van der Waals surface area (Å²) in [4.78, 5) is 13.8. The number of hydrogen-bond donors (Lipinski definition) is 0. The third kappa shape index (κ3) is 2.64. The SMILES string of the molecule is CC.CCC1c2ccccc2N2c3ncncc3N(c3cccs3)C2C1C. The van der Waals surface area contributed by atoms with E-state index in [9.17, 15) is 0 Å². The number of hydrogen-bond acceptors (Lipinski definition) is 5. The molecule has 0 radical (unpaired) electrons. The van der Waals surface area contributed by atoms with Gasteiger partial charge in [0.05, 0.1) is 11.2 Å². The lowest BCUT2D eigenvalue weighted by molar-refractivity contribution is 0.361. The summed E-state index contributed by atoms with van der Waals surface area (Å²) in [6, 6.07) is 13.1. The Labute approximate surface area is 165 Å². The van der Waals surface area contributed by atoms with Crippen LogP contribution in [-0.2, 0) is 0 Å². The van der Waals surface area contributed by atoms with Crippen LogP contribution in [0.3, 0.4) is 0 Å². The molecule has 2 aromatic heterocycles. The van der Waals surface area contributed by atoms with Gasteiger partial charge in [-0.2, -0.15) is 0 Å². The lowest BCUT2D eigenvalue weighted by Crippen LogP contribution is -2.48. The Morgan fingerprint density at radius 3 is 2.59 bits per heavy atom. The van der Waals surface area contributed by atoms with Gasteiger partial charge in [0.2, 0.25) is 0 Å². The van der Waals surface area contributed by atoms with Crippen molar-refractivity contribution >= 4 is 33.5 Å². The highest BCUT2D eigenvalue weighted by Crippen LogP contribution is 2.55. The van der Waals surface area contributed by atoms with Crippen LogP contribution in [0.25, 0.3) is 0 Å². The second-order valence-corrected chi connectivity index (χ2v) is 7.70. The number of para-hydroxylation sites is 1. The molecule has 2 aliphatic heterocycles. The molecule has 0 amide bonds. The Hall–Kier alpha value is -2.40. The molecule has 140 valence electrons. The predicted molar refractivity (Wildman–Crippen MR) is 114 cm³/mol. The second kappa shape index (κ2) is 7.31. The summed E-state index contributed by atoms with van der Waals surface area (Å²) in [5.41, 5.74) is 3.83. The van der Waals surface area contributed by atoms with Crippen molar-refractivity contribution in [1.29, 1.82) is 0 Å². The van der Waals surface area contributed by atoms with E-state index in [2.05, 4.69) is 75.4 Å². The Morgan fingerprint density at radius 2 is 1.85 bits per heavy atom. The smallest absolute Gasteiger partial charge is 0.162 e. The summed E-state index contributed by atoms with van der Waals surface area (Å²) in [5.74, 6) is 2.04. The first kappa shape index (κ1) is 18.0. The molecule has 3 aromatic rings. The molecule has 0 bridgehead atoms. The highest BCUT2D eigenvalue weighted by molar-refractivity contribution is 7.14. The van der Waals surface area contributed by atoms with E-state index in [0.29, 0.717) is 11.8 Å². The fourth-order valence-electron chi connectivity index (χ4n) is 4.54. The lowest BCUT2D eigenvalue weighted by Gasteiger charge is -2.45. The minimum absolute atomic E-state index is 0.241. The van der Waals surface area contributed by atoms with Crippen molar-refractivity contribution < 1.29 is 0 Å². The van der Waals surface area contributed by atoms with Crippen molar-refractivity contribution in [2.24, 2.45) is 5.92 Å². The second-order valence-electron chi connectivity index (χ2n) is 6.77. The van der Waals surface area contributed by atoms with Gasteiger partial charge in [-0.15, -0.1) is 11.3 Å². The van der Waals surface area contributed by atoms with E-state index in [1.165, 1.54) is 16.3 Å². The molecule has 4 heterocycles. The van der Waals surface area contributed by atoms with Crippen molar-refractivity contribution in [2.75, 3.05) is 9.80 Å². The molecular formula is C22H26N4S. The van der Waals surface area contributed by atoms with Crippen LogP contribution < -0.4 is 9.80 Å². The molecule has 3 unspecified atom stereocenters. The maximum absolute atomic E-state index is 4.67. The fourth-order valence-corrected chi connectivity index (χ4v) is 5.31. The van der Waals surface area contributed by atoms with Crippen LogP contribution in [0.15, 0.2) is 54.3 Å². The van der Waals surface area contributed by atoms with Crippen molar-refractivity contribution in [3.63, 3.8) is 0 Å². The number of aromatic nitrogens is 2. The fraction of sp³-hybridized carbons (Fsp3) is 0.364. The summed E-state index contributed by atoms with van der Waals surface area (Å²) in [7, 11) is 0. The molecular weight excluding hydrogens is 352 g/mol. The van der Waals surface area contributed by atoms with Crippen LogP contribution in [0.2, 0.25) is 0 Å². The largest absolute Gasteiger partial charge is 0.307 e. The van der Waals surface area contributed by atoms with Gasteiger partial charge in [0.1, 0.15) is 18.2 Å². The van der Waals surface area contributed by atoms with Gasteiger partial charge in [0, 0.05) is 11.6 Å². The van der Waals surface area contributed by atoms with Gasteiger partial charge in [0.25, 0.3) is 0 Å². The molecule has 27 heavy (non-hydrogen) atoms. The summed E-state index contributed by atoms with van der Waals surface area (Å²) < 4.78 is 0. The number of rotatable bonds is 2. The third-order valence-corrected chi connectivity index (χ3v) is 6.44.